The molecule has 0 bridgehead atoms. The molecule has 0 saturated heterocycles. The molecule has 0 N–H and O–H groups in total. The SMILES string of the molecule is CC.CC(C)(C)C(C)(P)C=O.CCC1(OC)CCCCC1. The zero-order valence-electron chi connectivity index (χ0n) is 15.7. The van der Waals surface area contributed by atoms with Gasteiger partial charge in [-0.1, -0.05) is 60.8 Å². The molecule has 0 radical (unpaired) electrons. The van der Waals surface area contributed by atoms with Gasteiger partial charge in [-0.25, -0.2) is 0 Å². The van der Waals surface area contributed by atoms with Crippen LogP contribution in [0.25, 0.3) is 0 Å². The summed E-state index contributed by atoms with van der Waals surface area (Å²) in [6.07, 6.45) is 8.86. The molecule has 3 heteroatoms. The van der Waals surface area contributed by atoms with Crippen LogP contribution in [0.3, 0.4) is 0 Å². The monoisotopic (exact) mass is 318 g/mol. The Labute approximate surface area is 136 Å². The molecule has 0 aromatic rings. The van der Waals surface area contributed by atoms with Crippen molar-refractivity contribution in [2.45, 2.75) is 97.7 Å². The molecule has 0 spiro atoms. The lowest BCUT2D eigenvalue weighted by Crippen LogP contribution is -2.34. The van der Waals surface area contributed by atoms with Gasteiger partial charge in [-0.2, -0.15) is 0 Å². The smallest absolute Gasteiger partial charge is 0.130 e. The van der Waals surface area contributed by atoms with E-state index in [2.05, 4.69) is 36.9 Å². The number of aldehydes is 1. The Balaban J connectivity index is 0. The van der Waals surface area contributed by atoms with Crippen LogP contribution in [0.15, 0.2) is 0 Å². The molecule has 0 amide bonds. The molecule has 1 aliphatic carbocycles. The number of ether oxygens (including phenoxy) is 1. The Kier molecular flexibility index (Phi) is 11.9. The van der Waals surface area contributed by atoms with Gasteiger partial charge in [0.2, 0.25) is 0 Å². The first-order valence-electron chi connectivity index (χ1n) is 8.44. The molecule has 0 heterocycles. The Morgan fingerprint density at radius 3 is 1.67 bits per heavy atom. The first kappa shape index (κ1) is 23.3. The van der Waals surface area contributed by atoms with Gasteiger partial charge in [-0.3, -0.25) is 0 Å². The number of hydrogen-bond acceptors (Lipinski definition) is 2. The van der Waals surface area contributed by atoms with Gasteiger partial charge in [0.25, 0.3) is 0 Å². The highest BCUT2D eigenvalue weighted by Crippen LogP contribution is 2.35. The molecule has 0 aromatic heterocycles. The van der Waals surface area contributed by atoms with E-state index in [0.29, 0.717) is 0 Å². The van der Waals surface area contributed by atoms with Gasteiger partial charge < -0.3 is 9.53 Å². The summed E-state index contributed by atoms with van der Waals surface area (Å²) in [6, 6.07) is 0. The summed E-state index contributed by atoms with van der Waals surface area (Å²) in [5.41, 5.74) is 0.303. The summed E-state index contributed by atoms with van der Waals surface area (Å²) in [5, 5.41) is -0.285. The lowest BCUT2D eigenvalue weighted by atomic mass is 9.82. The van der Waals surface area contributed by atoms with E-state index in [-0.39, 0.29) is 16.2 Å². The average molecular weight is 318 g/mol. The quantitative estimate of drug-likeness (QED) is 0.497. The molecule has 1 aliphatic rings. The number of hydrogen-bond donors (Lipinski definition) is 0. The number of methoxy groups -OCH3 is 1. The Morgan fingerprint density at radius 2 is 1.52 bits per heavy atom. The van der Waals surface area contributed by atoms with Gasteiger partial charge in [-0.05, 0) is 31.6 Å². The second-order valence-electron chi connectivity index (χ2n) is 6.95. The van der Waals surface area contributed by atoms with Crippen LogP contribution in [0.1, 0.15) is 87.0 Å². The van der Waals surface area contributed by atoms with Crippen molar-refractivity contribution in [2.24, 2.45) is 5.41 Å². The zero-order valence-corrected chi connectivity index (χ0v) is 16.9. The van der Waals surface area contributed by atoms with Gasteiger partial charge in [-0.15, -0.1) is 9.24 Å². The molecular formula is C18H39O2P. The van der Waals surface area contributed by atoms with E-state index in [1.165, 1.54) is 38.5 Å². The van der Waals surface area contributed by atoms with E-state index in [4.69, 9.17) is 4.74 Å². The highest BCUT2D eigenvalue weighted by atomic mass is 31.0. The summed E-state index contributed by atoms with van der Waals surface area (Å²) in [7, 11) is 4.43. The van der Waals surface area contributed by atoms with Crippen LogP contribution in [0.5, 0.6) is 0 Å². The second kappa shape index (κ2) is 10.7. The van der Waals surface area contributed by atoms with E-state index in [0.717, 1.165) is 6.29 Å². The van der Waals surface area contributed by atoms with Crippen molar-refractivity contribution in [1.29, 1.82) is 0 Å². The predicted molar refractivity (Wildman–Crippen MR) is 98.1 cm³/mol. The van der Waals surface area contributed by atoms with Crippen molar-refractivity contribution in [2.75, 3.05) is 7.11 Å². The lowest BCUT2D eigenvalue weighted by molar-refractivity contribution is -0.111. The molecular weight excluding hydrogens is 279 g/mol. The maximum absolute atomic E-state index is 10.5. The largest absolute Gasteiger partial charge is 0.378 e. The van der Waals surface area contributed by atoms with Gasteiger partial charge >= 0.3 is 0 Å². The molecule has 2 atom stereocenters. The number of carbonyl (C=O) groups is 1. The van der Waals surface area contributed by atoms with E-state index >= 15 is 0 Å². The number of rotatable bonds is 3. The second-order valence-corrected chi connectivity index (χ2v) is 8.15. The van der Waals surface area contributed by atoms with Crippen LogP contribution in [0.4, 0.5) is 0 Å². The molecule has 1 saturated carbocycles. The van der Waals surface area contributed by atoms with Crippen LogP contribution in [-0.2, 0) is 9.53 Å². The van der Waals surface area contributed by atoms with E-state index in [9.17, 15) is 4.79 Å². The zero-order chi connectivity index (χ0) is 17.2. The Bertz CT molecular complexity index is 255. The molecule has 0 aliphatic heterocycles. The minimum Gasteiger partial charge on any atom is -0.378 e. The molecule has 0 aromatic carbocycles. The molecule has 2 unspecified atom stereocenters. The lowest BCUT2D eigenvalue weighted by Gasteiger charge is -2.34. The summed E-state index contributed by atoms with van der Waals surface area (Å²) in [5.74, 6) is 0. The average Bonchev–Trinajstić information content (AvgIpc) is 2.49. The van der Waals surface area contributed by atoms with Crippen molar-refractivity contribution in [3.63, 3.8) is 0 Å². The highest BCUT2D eigenvalue weighted by Gasteiger charge is 2.32. The summed E-state index contributed by atoms with van der Waals surface area (Å²) < 4.78 is 5.53. The molecule has 21 heavy (non-hydrogen) atoms. The van der Waals surface area contributed by atoms with Crippen molar-refractivity contribution < 1.29 is 9.53 Å². The van der Waals surface area contributed by atoms with Crippen molar-refractivity contribution >= 4 is 15.5 Å². The summed E-state index contributed by atoms with van der Waals surface area (Å²) >= 11 is 0. The van der Waals surface area contributed by atoms with Gasteiger partial charge in [0.1, 0.15) is 6.29 Å². The third-order valence-electron chi connectivity index (χ3n) is 4.70. The minimum atomic E-state index is -0.285. The topological polar surface area (TPSA) is 26.3 Å². The predicted octanol–water partition coefficient (Wildman–Crippen LogP) is 5.64. The summed E-state index contributed by atoms with van der Waals surface area (Å²) in [4.78, 5) is 10.5. The molecule has 2 nitrogen and oxygen atoms in total. The number of carbonyl (C=O) groups excluding carboxylic acids is 1. The molecule has 1 rings (SSSR count). The van der Waals surface area contributed by atoms with Crippen LogP contribution in [0, 0.1) is 5.41 Å². The van der Waals surface area contributed by atoms with Crippen LogP contribution >= 0.6 is 9.24 Å². The normalized spacial score (nSPS) is 20.0. The Morgan fingerprint density at radius 1 is 1.10 bits per heavy atom. The maximum atomic E-state index is 10.5. The van der Waals surface area contributed by atoms with E-state index in [1.807, 2.05) is 27.9 Å². The van der Waals surface area contributed by atoms with Crippen molar-refractivity contribution in [3.05, 3.63) is 0 Å². The van der Waals surface area contributed by atoms with Gasteiger partial charge in [0, 0.05) is 12.3 Å². The molecule has 1 fully saturated rings. The first-order valence-corrected chi connectivity index (χ1v) is 9.02. The van der Waals surface area contributed by atoms with Gasteiger partial charge in [0.15, 0.2) is 0 Å². The van der Waals surface area contributed by atoms with E-state index < -0.39 is 0 Å². The van der Waals surface area contributed by atoms with Crippen LogP contribution in [-0.4, -0.2) is 24.2 Å². The summed E-state index contributed by atoms with van der Waals surface area (Å²) in [6.45, 7) is 14.3. The Hall–Kier alpha value is 0.0600. The van der Waals surface area contributed by atoms with E-state index in [1.54, 1.807) is 0 Å². The van der Waals surface area contributed by atoms with Crippen LogP contribution < -0.4 is 0 Å². The standard InChI is InChI=1S/C9H18O.C7H15OP.C2H6/c1-3-9(10-2)7-5-4-6-8-9;1-6(2,3)7(4,9)5-8;1-2/h3-8H2,1-2H3;5H,9H2,1-4H3;1-2H3. The van der Waals surface area contributed by atoms with Crippen molar-refractivity contribution in [3.8, 4) is 0 Å². The highest BCUT2D eigenvalue weighted by molar-refractivity contribution is 7.20. The molecule has 128 valence electrons. The fourth-order valence-corrected chi connectivity index (χ4v) is 2.07. The van der Waals surface area contributed by atoms with Crippen molar-refractivity contribution in [1.82, 2.24) is 0 Å². The first-order chi connectivity index (χ1) is 9.64. The van der Waals surface area contributed by atoms with Gasteiger partial charge in [0.05, 0.1) is 5.60 Å². The fourth-order valence-electron chi connectivity index (χ4n) is 2.07. The minimum absolute atomic E-state index is 0.0411. The fraction of sp³-hybridized carbons (Fsp3) is 0.944. The van der Waals surface area contributed by atoms with Crippen LogP contribution in [0.2, 0.25) is 0 Å². The third kappa shape index (κ3) is 8.31. The third-order valence-corrected chi connectivity index (χ3v) is 5.71. The maximum Gasteiger partial charge on any atom is 0.130 e.